The Morgan fingerprint density at radius 2 is 2.19 bits per heavy atom. The van der Waals surface area contributed by atoms with E-state index in [0.717, 1.165) is 30.6 Å². The third kappa shape index (κ3) is 2.76. The number of hydrogen-bond acceptors (Lipinski definition) is 2. The molecule has 1 aromatic carbocycles. The molecule has 1 aliphatic heterocycles. The summed E-state index contributed by atoms with van der Waals surface area (Å²) in [6.07, 6.45) is 1.27. The molecule has 2 N–H and O–H groups in total. The Morgan fingerprint density at radius 1 is 1.44 bits per heavy atom. The molecule has 88 valence electrons. The summed E-state index contributed by atoms with van der Waals surface area (Å²) in [4.78, 5) is 0. The topological polar surface area (TPSA) is 24.1 Å². The Kier molecular flexibility index (Phi) is 4.22. The van der Waals surface area contributed by atoms with Crippen LogP contribution in [0.15, 0.2) is 24.3 Å². The molecule has 1 aromatic rings. The van der Waals surface area contributed by atoms with Crippen molar-refractivity contribution < 1.29 is 0 Å². The molecular formula is C13H19ClN2. The van der Waals surface area contributed by atoms with E-state index in [2.05, 4.69) is 22.8 Å². The van der Waals surface area contributed by atoms with E-state index in [-0.39, 0.29) is 0 Å². The van der Waals surface area contributed by atoms with Crippen LogP contribution in [0.2, 0.25) is 5.02 Å². The zero-order valence-corrected chi connectivity index (χ0v) is 10.4. The van der Waals surface area contributed by atoms with Gasteiger partial charge >= 0.3 is 0 Å². The molecule has 1 heterocycles. The van der Waals surface area contributed by atoms with Crippen molar-refractivity contribution in [2.24, 2.45) is 5.92 Å². The van der Waals surface area contributed by atoms with Crippen molar-refractivity contribution in [3.8, 4) is 0 Å². The van der Waals surface area contributed by atoms with Crippen molar-refractivity contribution in [1.29, 1.82) is 0 Å². The minimum atomic E-state index is 0.595. The number of likely N-dealkylation sites (N-methyl/N-ethyl adjacent to an activating group) is 1. The summed E-state index contributed by atoms with van der Waals surface area (Å²) in [5.74, 6) is 1.34. The van der Waals surface area contributed by atoms with E-state index in [0.29, 0.717) is 5.92 Å². The van der Waals surface area contributed by atoms with Crippen LogP contribution in [0.25, 0.3) is 0 Å². The summed E-state index contributed by atoms with van der Waals surface area (Å²) in [5, 5.41) is 7.55. The van der Waals surface area contributed by atoms with E-state index >= 15 is 0 Å². The molecule has 0 spiro atoms. The molecule has 0 aliphatic carbocycles. The van der Waals surface area contributed by atoms with Gasteiger partial charge < -0.3 is 10.6 Å². The summed E-state index contributed by atoms with van der Waals surface area (Å²) in [5.41, 5.74) is 1.40. The van der Waals surface area contributed by atoms with Crippen molar-refractivity contribution in [2.75, 3.05) is 26.7 Å². The molecule has 1 saturated heterocycles. The van der Waals surface area contributed by atoms with E-state index in [1.165, 1.54) is 12.0 Å². The number of rotatable bonds is 4. The van der Waals surface area contributed by atoms with Crippen LogP contribution in [0.1, 0.15) is 17.9 Å². The van der Waals surface area contributed by atoms with Crippen LogP contribution in [-0.4, -0.2) is 26.7 Å². The van der Waals surface area contributed by atoms with Crippen LogP contribution in [0.3, 0.4) is 0 Å². The molecule has 0 radical (unpaired) electrons. The lowest BCUT2D eigenvalue weighted by molar-refractivity contribution is 0.443. The highest BCUT2D eigenvalue weighted by atomic mass is 35.5. The highest BCUT2D eigenvalue weighted by Crippen LogP contribution is 2.29. The second-order valence-electron chi connectivity index (χ2n) is 4.47. The molecule has 1 aliphatic rings. The Labute approximate surface area is 102 Å². The molecule has 0 bridgehead atoms. The lowest BCUT2D eigenvalue weighted by atomic mass is 9.85. The maximum atomic E-state index is 5.93. The van der Waals surface area contributed by atoms with Gasteiger partial charge in [-0.05, 0) is 50.2 Å². The first-order chi connectivity index (χ1) is 7.81. The van der Waals surface area contributed by atoms with Gasteiger partial charge in [0.15, 0.2) is 0 Å². The Hall–Kier alpha value is -0.570. The lowest BCUT2D eigenvalue weighted by Crippen LogP contribution is -2.25. The summed E-state index contributed by atoms with van der Waals surface area (Å²) < 4.78 is 0. The fraction of sp³-hybridized carbons (Fsp3) is 0.538. The highest BCUT2D eigenvalue weighted by molar-refractivity contribution is 6.30. The summed E-state index contributed by atoms with van der Waals surface area (Å²) in [6.45, 7) is 3.32. The smallest absolute Gasteiger partial charge is 0.0406 e. The molecule has 2 rings (SSSR count). The average Bonchev–Trinajstić information content (AvgIpc) is 2.81. The average molecular weight is 239 g/mol. The van der Waals surface area contributed by atoms with Gasteiger partial charge in [-0.1, -0.05) is 23.7 Å². The van der Waals surface area contributed by atoms with Gasteiger partial charge in [-0.3, -0.25) is 0 Å². The summed E-state index contributed by atoms with van der Waals surface area (Å²) >= 11 is 5.93. The molecule has 16 heavy (non-hydrogen) atoms. The van der Waals surface area contributed by atoms with E-state index in [1.807, 2.05) is 19.2 Å². The molecule has 2 unspecified atom stereocenters. The van der Waals surface area contributed by atoms with Crippen molar-refractivity contribution in [2.45, 2.75) is 12.3 Å². The van der Waals surface area contributed by atoms with E-state index in [4.69, 9.17) is 11.6 Å². The van der Waals surface area contributed by atoms with Crippen LogP contribution in [0, 0.1) is 5.92 Å². The van der Waals surface area contributed by atoms with Crippen molar-refractivity contribution in [3.63, 3.8) is 0 Å². The Morgan fingerprint density at radius 3 is 2.75 bits per heavy atom. The number of halogens is 1. The maximum absolute atomic E-state index is 5.93. The van der Waals surface area contributed by atoms with Gasteiger partial charge in [0.25, 0.3) is 0 Å². The SMILES string of the molecule is CNCC(c1ccc(Cl)cc1)C1CCNC1. The Bertz CT molecular complexity index is 317. The summed E-state index contributed by atoms with van der Waals surface area (Å²) in [7, 11) is 2.02. The zero-order valence-electron chi connectivity index (χ0n) is 9.67. The molecule has 0 aromatic heterocycles. The molecular weight excluding hydrogens is 220 g/mol. The van der Waals surface area contributed by atoms with Crippen LogP contribution < -0.4 is 10.6 Å². The molecule has 2 atom stereocenters. The number of nitrogens with one attached hydrogen (secondary N) is 2. The van der Waals surface area contributed by atoms with Gasteiger partial charge in [0.2, 0.25) is 0 Å². The first-order valence-electron chi connectivity index (χ1n) is 5.92. The van der Waals surface area contributed by atoms with Crippen LogP contribution in [0.5, 0.6) is 0 Å². The predicted octanol–water partition coefficient (Wildman–Crippen LogP) is 2.25. The predicted molar refractivity (Wildman–Crippen MR) is 69.1 cm³/mol. The third-order valence-corrected chi connectivity index (χ3v) is 3.64. The van der Waals surface area contributed by atoms with Gasteiger partial charge in [0.1, 0.15) is 0 Å². The van der Waals surface area contributed by atoms with Gasteiger partial charge in [-0.2, -0.15) is 0 Å². The van der Waals surface area contributed by atoms with Crippen molar-refractivity contribution >= 4 is 11.6 Å². The number of hydrogen-bond donors (Lipinski definition) is 2. The van der Waals surface area contributed by atoms with Gasteiger partial charge in [0.05, 0.1) is 0 Å². The van der Waals surface area contributed by atoms with Crippen LogP contribution >= 0.6 is 11.6 Å². The highest BCUT2D eigenvalue weighted by Gasteiger charge is 2.25. The molecule has 0 amide bonds. The fourth-order valence-electron chi connectivity index (χ4n) is 2.51. The Balaban J connectivity index is 2.14. The lowest BCUT2D eigenvalue weighted by Gasteiger charge is -2.23. The largest absolute Gasteiger partial charge is 0.319 e. The first-order valence-corrected chi connectivity index (χ1v) is 6.30. The van der Waals surface area contributed by atoms with Gasteiger partial charge in [-0.25, -0.2) is 0 Å². The fourth-order valence-corrected chi connectivity index (χ4v) is 2.63. The van der Waals surface area contributed by atoms with Gasteiger partial charge in [0, 0.05) is 17.5 Å². The van der Waals surface area contributed by atoms with E-state index in [1.54, 1.807) is 0 Å². The van der Waals surface area contributed by atoms with E-state index in [9.17, 15) is 0 Å². The summed E-state index contributed by atoms with van der Waals surface area (Å²) in [6, 6.07) is 8.29. The quantitative estimate of drug-likeness (QED) is 0.841. The molecule has 3 heteroatoms. The zero-order chi connectivity index (χ0) is 11.4. The maximum Gasteiger partial charge on any atom is 0.0406 e. The monoisotopic (exact) mass is 238 g/mol. The van der Waals surface area contributed by atoms with Crippen LogP contribution in [0.4, 0.5) is 0 Å². The minimum Gasteiger partial charge on any atom is -0.319 e. The first kappa shape index (κ1) is 11.9. The second-order valence-corrected chi connectivity index (χ2v) is 4.91. The molecule has 1 fully saturated rings. The van der Waals surface area contributed by atoms with E-state index < -0.39 is 0 Å². The number of benzene rings is 1. The standard InChI is InChI=1S/C13H19ClN2/c1-15-9-13(11-6-7-16-8-11)10-2-4-12(14)5-3-10/h2-5,11,13,15-16H,6-9H2,1H3. The molecule has 0 saturated carbocycles. The van der Waals surface area contributed by atoms with Crippen molar-refractivity contribution in [3.05, 3.63) is 34.9 Å². The van der Waals surface area contributed by atoms with Gasteiger partial charge in [-0.15, -0.1) is 0 Å². The van der Waals surface area contributed by atoms with Crippen LogP contribution in [-0.2, 0) is 0 Å². The second kappa shape index (κ2) is 5.67. The normalized spacial score (nSPS) is 22.2. The third-order valence-electron chi connectivity index (χ3n) is 3.39. The minimum absolute atomic E-state index is 0.595. The molecule has 2 nitrogen and oxygen atoms in total. The van der Waals surface area contributed by atoms with Crippen molar-refractivity contribution in [1.82, 2.24) is 10.6 Å².